The molecule has 0 saturated carbocycles. The first kappa shape index (κ1) is 22.2. The van der Waals surface area contributed by atoms with E-state index in [0.29, 0.717) is 5.56 Å². The van der Waals surface area contributed by atoms with Crippen LogP contribution in [0.25, 0.3) is 6.08 Å². The Balaban J connectivity index is 1.99. The molecule has 3 aromatic rings. The molecule has 3 nitrogen and oxygen atoms in total. The Morgan fingerprint density at radius 1 is 0.806 bits per heavy atom. The van der Waals surface area contributed by atoms with Gasteiger partial charge in [0.05, 0.1) is 5.02 Å². The smallest absolute Gasteiger partial charge is 0.312 e. The number of rotatable bonds is 5. The lowest BCUT2D eigenvalue weighted by Crippen LogP contribution is -2.14. The lowest BCUT2D eigenvalue weighted by molar-refractivity contribution is 0.0502. The zero-order valence-electron chi connectivity index (χ0n) is 15.4. The molecule has 0 fully saturated rings. The van der Waals surface area contributed by atoms with Gasteiger partial charge in [-0.3, -0.25) is 0 Å². The number of oxime groups is 1. The fourth-order valence-electron chi connectivity index (χ4n) is 2.50. The van der Waals surface area contributed by atoms with E-state index in [4.69, 9.17) is 11.6 Å². The number of hydrogen-bond acceptors (Lipinski definition) is 3. The normalized spacial score (nSPS) is 11.7. The van der Waals surface area contributed by atoms with Crippen molar-refractivity contribution in [2.24, 2.45) is 5.16 Å². The van der Waals surface area contributed by atoms with Crippen molar-refractivity contribution in [3.05, 3.63) is 111 Å². The van der Waals surface area contributed by atoms with Gasteiger partial charge in [0.25, 0.3) is 0 Å². The summed E-state index contributed by atoms with van der Waals surface area (Å²) in [5.41, 5.74) is -0.757. The number of carbonyl (C=O) groups excluding carboxylic acids is 1. The van der Waals surface area contributed by atoms with Gasteiger partial charge in [0.2, 0.25) is 5.82 Å². The van der Waals surface area contributed by atoms with Crippen molar-refractivity contribution in [1.29, 1.82) is 0 Å². The monoisotopic (exact) mass is 451 g/mol. The van der Waals surface area contributed by atoms with E-state index in [9.17, 15) is 26.7 Å². The standard InChI is InChI=1S/C22H11ClF5NO2/c23-14-9-5-4-8-13(14)15(11-10-12-6-2-1-3-7-12)29-31-22(30)16-17(24)19(26)21(28)20(27)18(16)25/h1-11H/b11-10+,29-15-. The maximum absolute atomic E-state index is 13.8. The first-order chi connectivity index (χ1) is 14.8. The van der Waals surface area contributed by atoms with Crippen molar-refractivity contribution in [2.75, 3.05) is 0 Å². The summed E-state index contributed by atoms with van der Waals surface area (Å²) in [6, 6.07) is 15.2. The van der Waals surface area contributed by atoms with Crippen LogP contribution >= 0.6 is 11.6 Å². The lowest BCUT2D eigenvalue weighted by atomic mass is 10.1. The average Bonchev–Trinajstić information content (AvgIpc) is 2.78. The summed E-state index contributed by atoms with van der Waals surface area (Å²) in [6.07, 6.45) is 3.00. The molecule has 0 radical (unpaired) electrons. The summed E-state index contributed by atoms with van der Waals surface area (Å²) in [7, 11) is 0. The Hall–Kier alpha value is -3.52. The van der Waals surface area contributed by atoms with Crippen LogP contribution in [0.1, 0.15) is 21.5 Å². The van der Waals surface area contributed by atoms with Crippen molar-refractivity contribution in [3.63, 3.8) is 0 Å². The predicted molar refractivity (Wildman–Crippen MR) is 105 cm³/mol. The highest BCUT2D eigenvalue weighted by Crippen LogP contribution is 2.24. The van der Waals surface area contributed by atoms with Gasteiger partial charge in [-0.1, -0.05) is 71.4 Å². The lowest BCUT2D eigenvalue weighted by Gasteiger charge is -2.07. The first-order valence-corrected chi connectivity index (χ1v) is 8.98. The molecule has 0 aliphatic heterocycles. The van der Waals surface area contributed by atoms with Crippen LogP contribution in [0.2, 0.25) is 5.02 Å². The van der Waals surface area contributed by atoms with Crippen LogP contribution in [-0.2, 0) is 4.84 Å². The highest BCUT2D eigenvalue weighted by Gasteiger charge is 2.31. The van der Waals surface area contributed by atoms with E-state index < -0.39 is 40.6 Å². The van der Waals surface area contributed by atoms with E-state index in [1.54, 1.807) is 48.5 Å². The topological polar surface area (TPSA) is 38.7 Å². The Kier molecular flexibility index (Phi) is 6.81. The predicted octanol–water partition coefficient (Wildman–Crippen LogP) is 6.31. The van der Waals surface area contributed by atoms with E-state index in [1.165, 1.54) is 18.2 Å². The Labute approximate surface area is 178 Å². The molecular formula is C22H11ClF5NO2. The van der Waals surface area contributed by atoms with Gasteiger partial charge >= 0.3 is 5.97 Å². The highest BCUT2D eigenvalue weighted by molar-refractivity contribution is 6.35. The second kappa shape index (κ2) is 9.53. The zero-order chi connectivity index (χ0) is 22.5. The fourth-order valence-corrected chi connectivity index (χ4v) is 2.73. The summed E-state index contributed by atoms with van der Waals surface area (Å²) in [5, 5.41) is 3.75. The average molecular weight is 452 g/mol. The van der Waals surface area contributed by atoms with Crippen molar-refractivity contribution in [2.45, 2.75) is 0 Å². The van der Waals surface area contributed by atoms with Crippen molar-refractivity contribution < 1.29 is 31.6 Å². The quantitative estimate of drug-likeness (QED) is 0.114. The third-order valence-corrected chi connectivity index (χ3v) is 4.35. The fraction of sp³-hybridized carbons (Fsp3) is 0. The van der Waals surface area contributed by atoms with E-state index in [0.717, 1.165) is 5.56 Å². The molecular weight excluding hydrogens is 441 g/mol. The summed E-state index contributed by atoms with van der Waals surface area (Å²) >= 11 is 6.13. The number of carbonyl (C=O) groups is 1. The molecule has 0 amide bonds. The molecule has 0 aliphatic carbocycles. The summed E-state index contributed by atoms with van der Waals surface area (Å²) < 4.78 is 67.5. The Morgan fingerprint density at radius 3 is 1.97 bits per heavy atom. The van der Waals surface area contributed by atoms with Gasteiger partial charge < -0.3 is 4.84 Å². The largest absolute Gasteiger partial charge is 0.371 e. The highest BCUT2D eigenvalue weighted by atomic mass is 35.5. The van der Waals surface area contributed by atoms with Gasteiger partial charge in [-0.15, -0.1) is 0 Å². The maximum atomic E-state index is 13.8. The van der Waals surface area contributed by atoms with E-state index in [1.807, 2.05) is 0 Å². The van der Waals surface area contributed by atoms with Gasteiger partial charge in [0, 0.05) is 5.56 Å². The van der Waals surface area contributed by atoms with Crippen molar-refractivity contribution in [1.82, 2.24) is 0 Å². The Bertz CT molecular complexity index is 1170. The number of allylic oxidation sites excluding steroid dienone is 1. The molecule has 9 heteroatoms. The van der Waals surface area contributed by atoms with Crippen LogP contribution in [0.3, 0.4) is 0 Å². The van der Waals surface area contributed by atoms with Crippen LogP contribution in [0.5, 0.6) is 0 Å². The number of nitrogens with zero attached hydrogens (tertiary/aromatic N) is 1. The minimum atomic E-state index is -2.39. The van der Waals surface area contributed by atoms with Crippen LogP contribution in [0.4, 0.5) is 22.0 Å². The van der Waals surface area contributed by atoms with Crippen LogP contribution in [-0.4, -0.2) is 11.7 Å². The van der Waals surface area contributed by atoms with E-state index in [2.05, 4.69) is 9.99 Å². The molecule has 0 heterocycles. The molecule has 0 aromatic heterocycles. The van der Waals surface area contributed by atoms with Gasteiger partial charge in [-0.2, -0.15) is 0 Å². The maximum Gasteiger partial charge on any atom is 0.371 e. The van der Waals surface area contributed by atoms with Gasteiger partial charge in [0.1, 0.15) is 11.3 Å². The van der Waals surface area contributed by atoms with Gasteiger partial charge in [-0.25, -0.2) is 26.7 Å². The molecule has 0 bridgehead atoms. The molecule has 0 unspecified atom stereocenters. The molecule has 158 valence electrons. The summed E-state index contributed by atoms with van der Waals surface area (Å²) in [5.74, 6) is -13.5. The first-order valence-electron chi connectivity index (χ1n) is 8.60. The molecule has 0 saturated heterocycles. The zero-order valence-corrected chi connectivity index (χ0v) is 16.1. The number of halogens is 6. The minimum Gasteiger partial charge on any atom is -0.312 e. The molecule has 3 aromatic carbocycles. The third-order valence-electron chi connectivity index (χ3n) is 4.02. The van der Waals surface area contributed by atoms with Gasteiger partial charge in [-0.05, 0) is 17.7 Å². The molecule has 0 spiro atoms. The van der Waals surface area contributed by atoms with Crippen molar-refractivity contribution >= 4 is 29.4 Å². The van der Waals surface area contributed by atoms with Crippen LogP contribution in [0.15, 0.2) is 65.8 Å². The number of benzene rings is 3. The second-order valence-corrected chi connectivity index (χ2v) is 6.43. The molecule has 0 N–H and O–H groups in total. The van der Waals surface area contributed by atoms with E-state index >= 15 is 0 Å². The van der Waals surface area contributed by atoms with Crippen molar-refractivity contribution in [3.8, 4) is 0 Å². The van der Waals surface area contributed by atoms with Crippen LogP contribution < -0.4 is 0 Å². The summed E-state index contributed by atoms with van der Waals surface area (Å²) in [6.45, 7) is 0. The molecule has 3 rings (SSSR count). The van der Waals surface area contributed by atoms with Crippen LogP contribution in [0, 0.1) is 29.1 Å². The van der Waals surface area contributed by atoms with Gasteiger partial charge in [0.15, 0.2) is 23.3 Å². The second-order valence-electron chi connectivity index (χ2n) is 6.02. The number of hydrogen-bond donors (Lipinski definition) is 0. The van der Waals surface area contributed by atoms with E-state index in [-0.39, 0.29) is 10.7 Å². The SMILES string of the molecule is O=C(O/N=C(/C=C/c1ccccc1)c1ccccc1Cl)c1c(F)c(F)c(F)c(F)c1F. The molecule has 31 heavy (non-hydrogen) atoms. The molecule has 0 aliphatic rings. The third kappa shape index (κ3) is 4.80. The summed E-state index contributed by atoms with van der Waals surface area (Å²) in [4.78, 5) is 16.6. The molecule has 0 atom stereocenters. The Morgan fingerprint density at radius 2 is 1.35 bits per heavy atom. The minimum absolute atomic E-state index is 0.0355.